The number of nitrogens with one attached hydrogen (secondary N) is 1. The summed E-state index contributed by atoms with van der Waals surface area (Å²) in [6.45, 7) is 5.13. The summed E-state index contributed by atoms with van der Waals surface area (Å²) in [6, 6.07) is 16.9. The molecule has 0 amide bonds. The standard InChI is InChI=1S/C22H23N7O/c1-3-5-14-29-20(23-22(26-29)30-4-2)15-16-10-12-17(13-11-16)18-8-6-7-9-19(18)21-24-27-28-25-21/h3,5-13H,4,14-15H2,1-2H3,(H,24,25,27,28)/b5-3+. The number of tetrazole rings is 1. The molecule has 8 heteroatoms. The van der Waals surface area contributed by atoms with Crippen LogP contribution in [0.25, 0.3) is 22.5 Å². The van der Waals surface area contributed by atoms with Gasteiger partial charge in [-0.25, -0.2) is 4.68 Å². The monoisotopic (exact) mass is 401 g/mol. The number of aromatic nitrogens is 7. The molecular formula is C22H23N7O. The summed E-state index contributed by atoms with van der Waals surface area (Å²) in [5, 5.41) is 18.9. The molecule has 30 heavy (non-hydrogen) atoms. The molecule has 1 N–H and O–H groups in total. The molecule has 0 saturated heterocycles. The third-order valence-corrected chi connectivity index (χ3v) is 4.66. The summed E-state index contributed by atoms with van der Waals surface area (Å²) in [6.07, 6.45) is 4.72. The smallest absolute Gasteiger partial charge is 0.335 e. The van der Waals surface area contributed by atoms with Gasteiger partial charge in [-0.2, -0.15) is 10.2 Å². The van der Waals surface area contributed by atoms with Crippen molar-refractivity contribution < 1.29 is 4.74 Å². The van der Waals surface area contributed by atoms with Crippen LogP contribution in [0, 0.1) is 0 Å². The molecule has 152 valence electrons. The molecule has 0 spiro atoms. The average Bonchev–Trinajstić information content (AvgIpc) is 3.44. The van der Waals surface area contributed by atoms with Gasteiger partial charge >= 0.3 is 6.01 Å². The topological polar surface area (TPSA) is 94.4 Å². The second-order valence-electron chi connectivity index (χ2n) is 6.65. The van der Waals surface area contributed by atoms with Gasteiger partial charge in [-0.1, -0.05) is 60.7 Å². The van der Waals surface area contributed by atoms with Gasteiger partial charge < -0.3 is 4.74 Å². The highest BCUT2D eigenvalue weighted by molar-refractivity contribution is 5.80. The van der Waals surface area contributed by atoms with Gasteiger partial charge in [0, 0.05) is 12.0 Å². The maximum absolute atomic E-state index is 5.48. The lowest BCUT2D eigenvalue weighted by molar-refractivity contribution is 0.311. The fourth-order valence-corrected chi connectivity index (χ4v) is 3.21. The Bertz CT molecular complexity index is 1110. The number of benzene rings is 2. The summed E-state index contributed by atoms with van der Waals surface area (Å²) in [4.78, 5) is 4.55. The first-order valence-electron chi connectivity index (χ1n) is 9.88. The van der Waals surface area contributed by atoms with E-state index in [1.807, 2.05) is 48.9 Å². The Balaban J connectivity index is 1.59. The number of hydrogen-bond acceptors (Lipinski definition) is 6. The number of hydrogen-bond donors (Lipinski definition) is 1. The molecule has 0 fully saturated rings. The molecule has 4 rings (SSSR count). The van der Waals surface area contributed by atoms with Crippen LogP contribution in [0.15, 0.2) is 60.7 Å². The molecule has 2 heterocycles. The largest absolute Gasteiger partial charge is 0.463 e. The lowest BCUT2D eigenvalue weighted by Crippen LogP contribution is -2.05. The highest BCUT2D eigenvalue weighted by Gasteiger charge is 2.13. The first kappa shape index (κ1) is 19.5. The zero-order valence-corrected chi connectivity index (χ0v) is 17.0. The first-order valence-corrected chi connectivity index (χ1v) is 9.88. The van der Waals surface area contributed by atoms with E-state index in [0.717, 1.165) is 28.1 Å². The third kappa shape index (κ3) is 4.27. The van der Waals surface area contributed by atoms with Gasteiger partial charge in [0.05, 0.1) is 13.2 Å². The lowest BCUT2D eigenvalue weighted by atomic mass is 9.98. The maximum atomic E-state index is 5.48. The first-order chi connectivity index (χ1) is 14.8. The number of H-pyrrole nitrogens is 1. The van der Waals surface area contributed by atoms with Crippen LogP contribution in [0.5, 0.6) is 6.01 Å². The average molecular weight is 401 g/mol. The normalized spacial score (nSPS) is 11.3. The van der Waals surface area contributed by atoms with Crippen LogP contribution in [-0.2, 0) is 13.0 Å². The minimum absolute atomic E-state index is 0.419. The molecule has 8 nitrogen and oxygen atoms in total. The van der Waals surface area contributed by atoms with Crippen LogP contribution in [0.4, 0.5) is 0 Å². The lowest BCUT2D eigenvalue weighted by Gasteiger charge is -2.08. The van der Waals surface area contributed by atoms with Gasteiger partial charge in [0.15, 0.2) is 0 Å². The van der Waals surface area contributed by atoms with Crippen LogP contribution in [0.3, 0.4) is 0 Å². The Kier molecular flexibility index (Phi) is 5.93. The van der Waals surface area contributed by atoms with Crippen molar-refractivity contribution in [2.24, 2.45) is 0 Å². The van der Waals surface area contributed by atoms with Gasteiger partial charge in [-0.05, 0) is 35.8 Å². The molecule has 0 radical (unpaired) electrons. The van der Waals surface area contributed by atoms with Gasteiger partial charge in [0.2, 0.25) is 5.82 Å². The highest BCUT2D eigenvalue weighted by Crippen LogP contribution is 2.30. The quantitative estimate of drug-likeness (QED) is 0.453. The summed E-state index contributed by atoms with van der Waals surface area (Å²) < 4.78 is 7.36. The van der Waals surface area contributed by atoms with Gasteiger partial charge in [0.1, 0.15) is 5.82 Å². The second kappa shape index (κ2) is 9.13. The van der Waals surface area contributed by atoms with Crippen LogP contribution in [0.2, 0.25) is 0 Å². The van der Waals surface area contributed by atoms with Crippen LogP contribution in [-0.4, -0.2) is 42.0 Å². The van der Waals surface area contributed by atoms with Crippen molar-refractivity contribution in [2.45, 2.75) is 26.8 Å². The van der Waals surface area contributed by atoms with E-state index in [-0.39, 0.29) is 0 Å². The van der Waals surface area contributed by atoms with Crippen molar-refractivity contribution >= 4 is 0 Å². The van der Waals surface area contributed by atoms with Gasteiger partial charge in [-0.3, -0.25) is 0 Å². The van der Waals surface area contributed by atoms with Crippen molar-refractivity contribution in [3.63, 3.8) is 0 Å². The predicted octanol–water partition coefficient (Wildman–Crippen LogP) is 3.69. The van der Waals surface area contributed by atoms with Crippen LogP contribution >= 0.6 is 0 Å². The van der Waals surface area contributed by atoms with E-state index >= 15 is 0 Å². The fourth-order valence-electron chi connectivity index (χ4n) is 3.21. The Morgan fingerprint density at radius 2 is 1.87 bits per heavy atom. The van der Waals surface area contributed by atoms with E-state index in [1.54, 1.807) is 0 Å². The van der Waals surface area contributed by atoms with Crippen molar-refractivity contribution in [2.75, 3.05) is 6.61 Å². The molecule has 2 aromatic carbocycles. The van der Waals surface area contributed by atoms with E-state index in [2.05, 4.69) is 61.0 Å². The SMILES string of the molecule is C/C=C/Cn1nc(OCC)nc1Cc1ccc(-c2ccccc2-c2nn[nH]n2)cc1. The van der Waals surface area contributed by atoms with Crippen LogP contribution < -0.4 is 4.74 Å². The number of rotatable bonds is 8. The summed E-state index contributed by atoms with van der Waals surface area (Å²) >= 11 is 0. The second-order valence-corrected chi connectivity index (χ2v) is 6.65. The summed E-state index contributed by atoms with van der Waals surface area (Å²) in [5.41, 5.74) is 4.23. The molecule has 0 aliphatic heterocycles. The number of aromatic amines is 1. The van der Waals surface area contributed by atoms with E-state index in [1.165, 1.54) is 0 Å². The Morgan fingerprint density at radius 3 is 2.57 bits per heavy atom. The van der Waals surface area contributed by atoms with Crippen molar-refractivity contribution in [3.05, 3.63) is 72.1 Å². The molecule has 4 aromatic rings. The zero-order valence-electron chi connectivity index (χ0n) is 17.0. The molecule has 0 unspecified atom stereocenters. The van der Waals surface area contributed by atoms with Gasteiger partial charge in [-0.15, -0.1) is 15.3 Å². The third-order valence-electron chi connectivity index (χ3n) is 4.66. The molecule has 0 bridgehead atoms. The van der Waals surface area contributed by atoms with Crippen molar-refractivity contribution in [1.29, 1.82) is 0 Å². The number of nitrogens with zero attached hydrogens (tertiary/aromatic N) is 6. The molecule has 0 aliphatic rings. The van der Waals surface area contributed by atoms with E-state index in [9.17, 15) is 0 Å². The van der Waals surface area contributed by atoms with E-state index in [4.69, 9.17) is 4.74 Å². The zero-order chi connectivity index (χ0) is 20.8. The fraction of sp³-hybridized carbons (Fsp3) is 0.227. The van der Waals surface area contributed by atoms with Crippen molar-refractivity contribution in [3.8, 4) is 28.5 Å². The van der Waals surface area contributed by atoms with Crippen molar-refractivity contribution in [1.82, 2.24) is 35.4 Å². The minimum Gasteiger partial charge on any atom is -0.463 e. The predicted molar refractivity (Wildman–Crippen MR) is 114 cm³/mol. The molecule has 0 aliphatic carbocycles. The number of allylic oxidation sites excluding steroid dienone is 2. The minimum atomic E-state index is 0.419. The summed E-state index contributed by atoms with van der Waals surface area (Å²) in [7, 11) is 0. The Hall–Kier alpha value is -3.81. The van der Waals surface area contributed by atoms with Crippen LogP contribution in [0.1, 0.15) is 25.2 Å². The van der Waals surface area contributed by atoms with E-state index < -0.39 is 0 Å². The molecule has 0 saturated carbocycles. The summed E-state index contributed by atoms with van der Waals surface area (Å²) in [5.74, 6) is 1.45. The maximum Gasteiger partial charge on any atom is 0.335 e. The Labute approximate surface area is 174 Å². The molecule has 2 aromatic heterocycles. The highest BCUT2D eigenvalue weighted by atomic mass is 16.5. The molecular weight excluding hydrogens is 378 g/mol. The molecule has 0 atom stereocenters. The van der Waals surface area contributed by atoms with Gasteiger partial charge in [0.25, 0.3) is 0 Å². The Morgan fingerprint density at radius 1 is 1.07 bits per heavy atom. The number of ether oxygens (including phenoxy) is 1. The van der Waals surface area contributed by atoms with E-state index in [0.29, 0.717) is 31.4 Å².